The lowest BCUT2D eigenvalue weighted by Gasteiger charge is -2.17. The average molecular weight is 398 g/mol. The fourth-order valence-electron chi connectivity index (χ4n) is 2.73. The molecule has 0 spiro atoms. The number of rotatable bonds is 5. The van der Waals surface area contributed by atoms with E-state index in [1.54, 1.807) is 11.9 Å². The summed E-state index contributed by atoms with van der Waals surface area (Å²) in [5.41, 5.74) is 1.01. The first-order valence-electron chi connectivity index (χ1n) is 8.71. The van der Waals surface area contributed by atoms with E-state index in [1.807, 2.05) is 30.3 Å². The summed E-state index contributed by atoms with van der Waals surface area (Å²) >= 11 is 0. The van der Waals surface area contributed by atoms with Gasteiger partial charge in [-0.15, -0.1) is 0 Å². The Morgan fingerprint density at radius 2 is 1.45 bits per heavy atom. The number of amides is 2. The van der Waals surface area contributed by atoms with E-state index in [0.717, 1.165) is 17.7 Å². The van der Waals surface area contributed by atoms with E-state index in [1.165, 1.54) is 24.3 Å². The molecule has 1 N–H and O–H groups in total. The predicted octanol–water partition coefficient (Wildman–Crippen LogP) is 4.63. The molecular weight excluding hydrogens is 381 g/mol. The monoisotopic (exact) mass is 398 g/mol. The van der Waals surface area contributed by atoms with Crippen LogP contribution in [0.3, 0.4) is 0 Å². The van der Waals surface area contributed by atoms with Crippen molar-refractivity contribution in [2.45, 2.75) is 6.54 Å². The van der Waals surface area contributed by atoms with Gasteiger partial charge in [0.15, 0.2) is 17.5 Å². The Hall–Kier alpha value is -3.61. The number of anilines is 1. The van der Waals surface area contributed by atoms with Gasteiger partial charge in [-0.3, -0.25) is 9.59 Å². The lowest BCUT2D eigenvalue weighted by molar-refractivity contribution is 0.0784. The zero-order valence-corrected chi connectivity index (χ0v) is 15.5. The molecule has 0 aliphatic heterocycles. The number of hydrogen-bond acceptors (Lipinski definition) is 2. The zero-order chi connectivity index (χ0) is 21.0. The molecule has 0 saturated carbocycles. The van der Waals surface area contributed by atoms with Crippen LogP contribution in [0.5, 0.6) is 0 Å². The SMILES string of the molecule is CN(Cc1ccccc1)C(=O)c1ccc(C(=O)Nc2ccc(F)c(F)c2F)cc1. The van der Waals surface area contributed by atoms with Crippen LogP contribution in [-0.4, -0.2) is 23.8 Å². The van der Waals surface area contributed by atoms with E-state index in [2.05, 4.69) is 5.32 Å². The van der Waals surface area contributed by atoms with Gasteiger partial charge in [-0.25, -0.2) is 13.2 Å². The zero-order valence-electron chi connectivity index (χ0n) is 15.5. The second kappa shape index (κ2) is 8.60. The minimum atomic E-state index is -1.66. The maximum atomic E-state index is 13.7. The van der Waals surface area contributed by atoms with E-state index >= 15 is 0 Å². The fourth-order valence-corrected chi connectivity index (χ4v) is 2.73. The third-order valence-electron chi connectivity index (χ3n) is 4.29. The summed E-state index contributed by atoms with van der Waals surface area (Å²) < 4.78 is 39.9. The van der Waals surface area contributed by atoms with Crippen LogP contribution in [0, 0.1) is 17.5 Å². The second-order valence-corrected chi connectivity index (χ2v) is 6.40. The molecule has 2 amide bonds. The molecule has 3 rings (SSSR count). The minimum Gasteiger partial charge on any atom is -0.337 e. The van der Waals surface area contributed by atoms with Crippen molar-refractivity contribution in [2.24, 2.45) is 0 Å². The summed E-state index contributed by atoms with van der Waals surface area (Å²) in [5.74, 6) is -5.43. The third kappa shape index (κ3) is 4.63. The summed E-state index contributed by atoms with van der Waals surface area (Å²) in [7, 11) is 1.67. The van der Waals surface area contributed by atoms with Crippen molar-refractivity contribution in [1.29, 1.82) is 0 Å². The average Bonchev–Trinajstić information content (AvgIpc) is 2.74. The Bertz CT molecular complexity index is 1040. The van der Waals surface area contributed by atoms with E-state index in [4.69, 9.17) is 0 Å². The van der Waals surface area contributed by atoms with Gasteiger partial charge in [0.2, 0.25) is 0 Å². The highest BCUT2D eigenvalue weighted by Crippen LogP contribution is 2.20. The van der Waals surface area contributed by atoms with Crippen molar-refractivity contribution < 1.29 is 22.8 Å². The van der Waals surface area contributed by atoms with Crippen LogP contribution in [-0.2, 0) is 6.54 Å². The van der Waals surface area contributed by atoms with Gasteiger partial charge in [-0.2, -0.15) is 0 Å². The fraction of sp³-hybridized carbons (Fsp3) is 0.0909. The Morgan fingerprint density at radius 1 is 0.828 bits per heavy atom. The Kier molecular flexibility index (Phi) is 5.97. The lowest BCUT2D eigenvalue weighted by atomic mass is 10.1. The quantitative estimate of drug-likeness (QED) is 0.637. The summed E-state index contributed by atoms with van der Waals surface area (Å²) in [6.07, 6.45) is 0. The topological polar surface area (TPSA) is 49.4 Å². The molecule has 3 aromatic carbocycles. The second-order valence-electron chi connectivity index (χ2n) is 6.40. The van der Waals surface area contributed by atoms with E-state index < -0.39 is 29.0 Å². The van der Waals surface area contributed by atoms with Gasteiger partial charge >= 0.3 is 0 Å². The number of nitrogens with one attached hydrogen (secondary N) is 1. The highest BCUT2D eigenvalue weighted by atomic mass is 19.2. The molecule has 0 bridgehead atoms. The normalized spacial score (nSPS) is 10.5. The number of carbonyl (C=O) groups is 2. The Morgan fingerprint density at radius 3 is 2.10 bits per heavy atom. The molecule has 0 atom stereocenters. The van der Waals surface area contributed by atoms with Crippen molar-refractivity contribution in [3.05, 3.63) is 101 Å². The molecule has 0 unspecified atom stereocenters. The highest BCUT2D eigenvalue weighted by molar-refractivity contribution is 6.05. The first-order chi connectivity index (χ1) is 13.9. The molecular formula is C22H17F3N2O2. The number of nitrogens with zero attached hydrogens (tertiary/aromatic N) is 1. The molecule has 0 aliphatic rings. The number of benzene rings is 3. The molecule has 0 heterocycles. The Labute approximate surface area is 165 Å². The summed E-state index contributed by atoms with van der Waals surface area (Å²) in [4.78, 5) is 26.3. The van der Waals surface area contributed by atoms with Crippen LogP contribution in [0.2, 0.25) is 0 Å². The molecule has 0 aromatic heterocycles. The van der Waals surface area contributed by atoms with Crippen molar-refractivity contribution in [3.63, 3.8) is 0 Å². The van der Waals surface area contributed by atoms with E-state index in [0.29, 0.717) is 12.1 Å². The van der Waals surface area contributed by atoms with Crippen LogP contribution in [0.1, 0.15) is 26.3 Å². The highest BCUT2D eigenvalue weighted by Gasteiger charge is 2.17. The lowest BCUT2D eigenvalue weighted by Crippen LogP contribution is -2.26. The van der Waals surface area contributed by atoms with Gasteiger partial charge in [-0.1, -0.05) is 30.3 Å². The molecule has 0 fully saturated rings. The van der Waals surface area contributed by atoms with Gasteiger partial charge in [0.1, 0.15) is 0 Å². The van der Waals surface area contributed by atoms with Crippen LogP contribution in [0.15, 0.2) is 66.7 Å². The largest absolute Gasteiger partial charge is 0.337 e. The summed E-state index contributed by atoms with van der Waals surface area (Å²) in [6.45, 7) is 0.428. The Balaban J connectivity index is 1.68. The molecule has 0 radical (unpaired) electrons. The van der Waals surface area contributed by atoms with Crippen LogP contribution in [0.25, 0.3) is 0 Å². The van der Waals surface area contributed by atoms with Crippen LogP contribution in [0.4, 0.5) is 18.9 Å². The van der Waals surface area contributed by atoms with Gasteiger partial charge in [0.25, 0.3) is 11.8 Å². The molecule has 0 aliphatic carbocycles. The standard InChI is InChI=1S/C22H17F3N2O2/c1-27(13-14-5-3-2-4-6-14)22(29)16-9-7-15(8-10-16)21(28)26-18-12-11-17(23)19(24)20(18)25/h2-12H,13H2,1H3,(H,26,28). The number of carbonyl (C=O) groups excluding carboxylic acids is 2. The first kappa shape index (κ1) is 20.1. The third-order valence-corrected chi connectivity index (χ3v) is 4.29. The molecule has 4 nitrogen and oxygen atoms in total. The van der Waals surface area contributed by atoms with Crippen molar-refractivity contribution in [3.8, 4) is 0 Å². The molecule has 148 valence electrons. The van der Waals surface area contributed by atoms with E-state index in [9.17, 15) is 22.8 Å². The molecule has 0 saturated heterocycles. The van der Waals surface area contributed by atoms with Crippen LogP contribution < -0.4 is 5.32 Å². The minimum absolute atomic E-state index is 0.136. The summed E-state index contributed by atoms with van der Waals surface area (Å²) in [5, 5.41) is 2.18. The molecule has 3 aromatic rings. The van der Waals surface area contributed by atoms with Crippen molar-refractivity contribution >= 4 is 17.5 Å². The first-order valence-corrected chi connectivity index (χ1v) is 8.71. The maximum absolute atomic E-state index is 13.7. The molecule has 7 heteroatoms. The van der Waals surface area contributed by atoms with Gasteiger partial charge < -0.3 is 10.2 Å². The van der Waals surface area contributed by atoms with Crippen molar-refractivity contribution in [1.82, 2.24) is 4.90 Å². The summed E-state index contributed by atoms with van der Waals surface area (Å²) in [6, 6.07) is 16.9. The van der Waals surface area contributed by atoms with E-state index in [-0.39, 0.29) is 11.5 Å². The molecule has 29 heavy (non-hydrogen) atoms. The van der Waals surface area contributed by atoms with Gasteiger partial charge in [0.05, 0.1) is 5.69 Å². The number of hydrogen-bond donors (Lipinski definition) is 1. The smallest absolute Gasteiger partial charge is 0.255 e. The number of halogens is 3. The van der Waals surface area contributed by atoms with Gasteiger partial charge in [0, 0.05) is 24.7 Å². The predicted molar refractivity (Wildman–Crippen MR) is 103 cm³/mol. The maximum Gasteiger partial charge on any atom is 0.255 e. The van der Waals surface area contributed by atoms with Gasteiger partial charge in [-0.05, 0) is 42.0 Å². The van der Waals surface area contributed by atoms with Crippen molar-refractivity contribution in [2.75, 3.05) is 12.4 Å². The van der Waals surface area contributed by atoms with Crippen LogP contribution >= 0.6 is 0 Å².